The van der Waals surface area contributed by atoms with Gasteiger partial charge in [0.15, 0.2) is 5.78 Å². The highest BCUT2D eigenvalue weighted by Crippen LogP contribution is 2.35. The number of benzene rings is 2. The van der Waals surface area contributed by atoms with Crippen molar-refractivity contribution in [3.63, 3.8) is 0 Å². The van der Waals surface area contributed by atoms with E-state index >= 15 is 0 Å². The van der Waals surface area contributed by atoms with Gasteiger partial charge in [0, 0.05) is 30.7 Å². The summed E-state index contributed by atoms with van der Waals surface area (Å²) >= 11 is 6.07. The third-order valence-electron chi connectivity index (χ3n) is 3.55. The van der Waals surface area contributed by atoms with Gasteiger partial charge in [0.1, 0.15) is 17.2 Å². The lowest BCUT2D eigenvalue weighted by atomic mass is 10.1. The first-order valence-electron chi connectivity index (χ1n) is 7.41. The molecule has 0 heterocycles. The Hall–Kier alpha value is -2.40. The number of nitrogens with one attached hydrogen (secondary N) is 1. The molecule has 2 aromatic carbocycles. The number of hydrogen-bond donors (Lipinski definition) is 1. The summed E-state index contributed by atoms with van der Waals surface area (Å²) in [6.45, 7) is 0.464. The Balaban J connectivity index is 1.99. The topological polar surface area (TPSA) is 56.8 Å². The van der Waals surface area contributed by atoms with Crippen LogP contribution in [0.1, 0.15) is 16.8 Å². The predicted molar refractivity (Wildman–Crippen MR) is 95.0 cm³/mol. The normalized spacial score (nSPS) is 10.2. The Morgan fingerprint density at radius 1 is 1.00 bits per heavy atom. The molecule has 0 fully saturated rings. The van der Waals surface area contributed by atoms with E-state index in [0.717, 1.165) is 11.4 Å². The standard InChI is InChI=1S/C18H20ClNO4/c1-22-13-6-4-12(5-7-13)16(21)8-9-20-15-11-17(23-2)14(19)10-18(15)24-3/h4-7,10-11,20H,8-9H2,1-3H3. The molecule has 24 heavy (non-hydrogen) atoms. The molecule has 0 saturated carbocycles. The lowest BCUT2D eigenvalue weighted by Crippen LogP contribution is -2.09. The van der Waals surface area contributed by atoms with E-state index in [2.05, 4.69) is 5.32 Å². The third kappa shape index (κ3) is 4.32. The lowest BCUT2D eigenvalue weighted by Gasteiger charge is -2.13. The van der Waals surface area contributed by atoms with Crippen molar-refractivity contribution in [2.75, 3.05) is 33.2 Å². The van der Waals surface area contributed by atoms with Crippen LogP contribution in [0.5, 0.6) is 17.2 Å². The van der Waals surface area contributed by atoms with Gasteiger partial charge in [-0.05, 0) is 24.3 Å². The molecule has 128 valence electrons. The molecule has 2 aromatic rings. The number of ketones is 1. The zero-order chi connectivity index (χ0) is 17.5. The molecule has 0 saturated heterocycles. The third-order valence-corrected chi connectivity index (χ3v) is 3.85. The van der Waals surface area contributed by atoms with Crippen LogP contribution in [0.25, 0.3) is 0 Å². The number of carbonyl (C=O) groups excluding carboxylic acids is 1. The number of ether oxygens (including phenoxy) is 3. The molecule has 0 aliphatic carbocycles. The molecule has 0 aliphatic heterocycles. The molecule has 0 aliphatic rings. The maximum atomic E-state index is 12.2. The van der Waals surface area contributed by atoms with Crippen LogP contribution < -0.4 is 19.5 Å². The zero-order valence-corrected chi connectivity index (χ0v) is 14.6. The number of methoxy groups -OCH3 is 3. The van der Waals surface area contributed by atoms with Crippen LogP contribution in [0, 0.1) is 0 Å². The summed E-state index contributed by atoms with van der Waals surface area (Å²) < 4.78 is 15.6. The highest BCUT2D eigenvalue weighted by Gasteiger charge is 2.11. The van der Waals surface area contributed by atoms with E-state index < -0.39 is 0 Å². The number of anilines is 1. The van der Waals surface area contributed by atoms with E-state index in [4.69, 9.17) is 25.8 Å². The molecule has 0 amide bonds. The molecule has 0 bridgehead atoms. The van der Waals surface area contributed by atoms with Gasteiger partial charge in [-0.2, -0.15) is 0 Å². The zero-order valence-electron chi connectivity index (χ0n) is 13.9. The van der Waals surface area contributed by atoms with Crippen molar-refractivity contribution in [1.82, 2.24) is 0 Å². The van der Waals surface area contributed by atoms with Crippen molar-refractivity contribution in [3.8, 4) is 17.2 Å². The van der Waals surface area contributed by atoms with Crippen molar-refractivity contribution in [2.45, 2.75) is 6.42 Å². The van der Waals surface area contributed by atoms with Crippen LogP contribution >= 0.6 is 11.6 Å². The summed E-state index contributed by atoms with van der Waals surface area (Å²) in [6, 6.07) is 10.5. The van der Waals surface area contributed by atoms with Crippen molar-refractivity contribution >= 4 is 23.1 Å². The predicted octanol–water partition coefficient (Wildman–Crippen LogP) is 4.05. The Kier molecular flexibility index (Phi) is 6.32. The van der Waals surface area contributed by atoms with Gasteiger partial charge in [0.25, 0.3) is 0 Å². The molecule has 6 heteroatoms. The second-order valence-electron chi connectivity index (χ2n) is 5.02. The number of Topliss-reactive ketones (excluding diaryl/α,β-unsaturated/α-hetero) is 1. The van der Waals surface area contributed by atoms with Crippen LogP contribution in [0.15, 0.2) is 36.4 Å². The van der Waals surface area contributed by atoms with Gasteiger partial charge in [-0.15, -0.1) is 0 Å². The average molecular weight is 350 g/mol. The molecular weight excluding hydrogens is 330 g/mol. The lowest BCUT2D eigenvalue weighted by molar-refractivity contribution is 0.0986. The van der Waals surface area contributed by atoms with Crippen LogP contribution in [0.4, 0.5) is 5.69 Å². The maximum Gasteiger partial charge on any atom is 0.164 e. The van der Waals surface area contributed by atoms with E-state index in [0.29, 0.717) is 35.1 Å². The molecule has 1 N–H and O–H groups in total. The Labute approximate surface area is 146 Å². The number of carbonyl (C=O) groups is 1. The van der Waals surface area contributed by atoms with Gasteiger partial charge in [-0.3, -0.25) is 4.79 Å². The SMILES string of the molecule is COc1ccc(C(=O)CCNc2cc(OC)c(Cl)cc2OC)cc1. The van der Waals surface area contributed by atoms with Gasteiger partial charge in [-0.1, -0.05) is 11.6 Å². The van der Waals surface area contributed by atoms with Crippen LogP contribution in [-0.4, -0.2) is 33.7 Å². The number of hydrogen-bond acceptors (Lipinski definition) is 5. The van der Waals surface area contributed by atoms with E-state index in [9.17, 15) is 4.79 Å². The van der Waals surface area contributed by atoms with Crippen LogP contribution in [0.3, 0.4) is 0 Å². The quantitative estimate of drug-likeness (QED) is 0.728. The first-order valence-corrected chi connectivity index (χ1v) is 7.79. The van der Waals surface area contributed by atoms with Gasteiger partial charge < -0.3 is 19.5 Å². The maximum absolute atomic E-state index is 12.2. The molecule has 5 nitrogen and oxygen atoms in total. The fourth-order valence-electron chi connectivity index (χ4n) is 2.23. The van der Waals surface area contributed by atoms with Gasteiger partial charge in [0.05, 0.1) is 32.0 Å². The average Bonchev–Trinajstić information content (AvgIpc) is 2.62. The smallest absolute Gasteiger partial charge is 0.164 e. The summed E-state index contributed by atoms with van der Waals surface area (Å²) in [5.41, 5.74) is 1.37. The van der Waals surface area contributed by atoms with Crippen molar-refractivity contribution in [3.05, 3.63) is 47.0 Å². The Morgan fingerprint density at radius 2 is 1.67 bits per heavy atom. The van der Waals surface area contributed by atoms with Crippen LogP contribution in [0.2, 0.25) is 5.02 Å². The first-order chi connectivity index (χ1) is 11.6. The summed E-state index contributed by atoms with van der Waals surface area (Å²) in [5.74, 6) is 1.91. The second-order valence-corrected chi connectivity index (χ2v) is 5.42. The minimum Gasteiger partial charge on any atom is -0.497 e. The molecule has 0 radical (unpaired) electrons. The highest BCUT2D eigenvalue weighted by atomic mass is 35.5. The van der Waals surface area contributed by atoms with Crippen molar-refractivity contribution in [1.29, 1.82) is 0 Å². The van der Waals surface area contributed by atoms with Gasteiger partial charge in [0.2, 0.25) is 0 Å². The van der Waals surface area contributed by atoms with Gasteiger partial charge in [-0.25, -0.2) is 0 Å². The second kappa shape index (κ2) is 8.45. The largest absolute Gasteiger partial charge is 0.497 e. The van der Waals surface area contributed by atoms with E-state index in [-0.39, 0.29) is 5.78 Å². The molecule has 0 unspecified atom stereocenters. The minimum absolute atomic E-state index is 0.0463. The van der Waals surface area contributed by atoms with E-state index in [1.54, 1.807) is 57.7 Å². The fraction of sp³-hybridized carbons (Fsp3) is 0.278. The van der Waals surface area contributed by atoms with E-state index in [1.165, 1.54) is 0 Å². The van der Waals surface area contributed by atoms with Gasteiger partial charge >= 0.3 is 0 Å². The molecular formula is C18H20ClNO4. The van der Waals surface area contributed by atoms with Crippen molar-refractivity contribution in [2.24, 2.45) is 0 Å². The van der Waals surface area contributed by atoms with E-state index in [1.807, 2.05) is 0 Å². The minimum atomic E-state index is 0.0463. The molecule has 0 atom stereocenters. The number of halogens is 1. The molecule has 0 spiro atoms. The van der Waals surface area contributed by atoms with Crippen molar-refractivity contribution < 1.29 is 19.0 Å². The summed E-state index contributed by atoms with van der Waals surface area (Å²) in [5, 5.41) is 3.65. The summed E-state index contributed by atoms with van der Waals surface area (Å²) in [6.07, 6.45) is 0.348. The summed E-state index contributed by atoms with van der Waals surface area (Å²) in [7, 11) is 4.70. The monoisotopic (exact) mass is 349 g/mol. The first kappa shape index (κ1) is 17.9. The van der Waals surface area contributed by atoms with Crippen LogP contribution in [-0.2, 0) is 0 Å². The Bertz CT molecular complexity index is 701. The highest BCUT2D eigenvalue weighted by molar-refractivity contribution is 6.32. The fourth-order valence-corrected chi connectivity index (χ4v) is 2.46. The number of rotatable bonds is 8. The Morgan fingerprint density at radius 3 is 2.25 bits per heavy atom. The molecule has 2 rings (SSSR count). The molecule has 0 aromatic heterocycles. The summed E-state index contributed by atoms with van der Waals surface area (Å²) in [4.78, 5) is 12.2.